The summed E-state index contributed by atoms with van der Waals surface area (Å²) in [6.45, 7) is 5.28. The van der Waals surface area contributed by atoms with Gasteiger partial charge in [0, 0.05) is 26.2 Å². The van der Waals surface area contributed by atoms with Gasteiger partial charge in [-0.3, -0.25) is 14.5 Å². The molecule has 1 aromatic carbocycles. The molecule has 1 aliphatic heterocycles. The van der Waals surface area contributed by atoms with Crippen molar-refractivity contribution in [3.8, 4) is 5.75 Å². The van der Waals surface area contributed by atoms with E-state index in [2.05, 4.69) is 10.3 Å². The summed E-state index contributed by atoms with van der Waals surface area (Å²) in [5.41, 5.74) is 1.39. The summed E-state index contributed by atoms with van der Waals surface area (Å²) in [5.74, 6) is 0.650. The number of hydrogen-bond acceptors (Lipinski definition) is 7. The molecule has 1 saturated heterocycles. The Morgan fingerprint density at radius 1 is 1.24 bits per heavy atom. The van der Waals surface area contributed by atoms with E-state index in [1.54, 1.807) is 11.0 Å². The number of piperazine rings is 1. The fraction of sp³-hybridized carbons (Fsp3) is 0.350. The second kappa shape index (κ2) is 8.62. The number of carbonyl (C=O) groups excluding carboxylic acids is 2. The minimum atomic E-state index is -0.108. The van der Waals surface area contributed by atoms with Crippen molar-refractivity contribution in [3.63, 3.8) is 0 Å². The zero-order valence-electron chi connectivity index (χ0n) is 16.1. The Labute approximate surface area is 172 Å². The number of hydrogen-bond donors (Lipinski definition) is 1. The quantitative estimate of drug-likeness (QED) is 0.667. The van der Waals surface area contributed by atoms with Gasteiger partial charge in [0.05, 0.1) is 35.2 Å². The number of benzene rings is 1. The number of anilines is 1. The highest BCUT2D eigenvalue weighted by molar-refractivity contribution is 7.22. The fourth-order valence-corrected chi connectivity index (χ4v) is 4.17. The Kier molecular flexibility index (Phi) is 5.77. The van der Waals surface area contributed by atoms with Crippen molar-refractivity contribution < 1.29 is 18.7 Å². The molecule has 1 N–H and O–H groups in total. The van der Waals surface area contributed by atoms with Crippen LogP contribution in [-0.2, 0) is 4.79 Å². The molecule has 0 saturated carbocycles. The first-order valence-electron chi connectivity index (χ1n) is 9.49. The highest BCUT2D eigenvalue weighted by atomic mass is 32.1. The number of amides is 2. The Morgan fingerprint density at radius 2 is 2.07 bits per heavy atom. The van der Waals surface area contributed by atoms with Gasteiger partial charge in [-0.05, 0) is 31.2 Å². The molecule has 29 heavy (non-hydrogen) atoms. The Morgan fingerprint density at radius 3 is 2.79 bits per heavy atom. The van der Waals surface area contributed by atoms with Gasteiger partial charge in [0.15, 0.2) is 5.13 Å². The van der Waals surface area contributed by atoms with Gasteiger partial charge in [0.2, 0.25) is 5.91 Å². The summed E-state index contributed by atoms with van der Waals surface area (Å²) >= 11 is 1.43. The first-order valence-corrected chi connectivity index (χ1v) is 10.3. The summed E-state index contributed by atoms with van der Waals surface area (Å²) in [6.07, 6.45) is 2.95. The van der Waals surface area contributed by atoms with Crippen LogP contribution in [0.15, 0.2) is 41.2 Å². The van der Waals surface area contributed by atoms with E-state index in [4.69, 9.17) is 9.15 Å². The number of rotatable bonds is 6. The molecule has 4 rings (SSSR count). The number of nitrogens with one attached hydrogen (secondary N) is 1. The van der Waals surface area contributed by atoms with Gasteiger partial charge in [0.25, 0.3) is 5.91 Å². The van der Waals surface area contributed by atoms with Crippen LogP contribution < -0.4 is 10.1 Å². The summed E-state index contributed by atoms with van der Waals surface area (Å²) < 4.78 is 11.5. The van der Waals surface area contributed by atoms with E-state index < -0.39 is 0 Å². The third-order valence-electron chi connectivity index (χ3n) is 4.71. The lowest BCUT2D eigenvalue weighted by Gasteiger charge is -2.34. The maximum atomic E-state index is 12.4. The highest BCUT2D eigenvalue weighted by Crippen LogP contribution is 2.29. The van der Waals surface area contributed by atoms with Crippen LogP contribution in [0.2, 0.25) is 0 Å². The van der Waals surface area contributed by atoms with Crippen LogP contribution in [0, 0.1) is 0 Å². The van der Waals surface area contributed by atoms with Crippen LogP contribution in [0.25, 0.3) is 10.2 Å². The molecule has 9 heteroatoms. The molecular weight excluding hydrogens is 392 g/mol. The van der Waals surface area contributed by atoms with Crippen molar-refractivity contribution in [2.24, 2.45) is 0 Å². The second-order valence-corrected chi connectivity index (χ2v) is 7.74. The number of furan rings is 1. The molecule has 0 bridgehead atoms. The Balaban J connectivity index is 1.29. The number of carbonyl (C=O) groups is 2. The predicted molar refractivity (Wildman–Crippen MR) is 110 cm³/mol. The molecule has 3 heterocycles. The number of thiazole rings is 1. The van der Waals surface area contributed by atoms with Gasteiger partial charge in [-0.1, -0.05) is 11.3 Å². The Hall–Kier alpha value is -2.91. The lowest BCUT2D eigenvalue weighted by atomic mass is 10.2. The molecule has 0 radical (unpaired) electrons. The molecule has 1 fully saturated rings. The summed E-state index contributed by atoms with van der Waals surface area (Å²) in [7, 11) is 0. The van der Waals surface area contributed by atoms with E-state index in [0.29, 0.717) is 43.5 Å². The molecule has 152 valence electrons. The molecular formula is C20H22N4O4S. The lowest BCUT2D eigenvalue weighted by molar-refractivity contribution is -0.117. The van der Waals surface area contributed by atoms with Gasteiger partial charge in [0.1, 0.15) is 12.0 Å². The van der Waals surface area contributed by atoms with Gasteiger partial charge < -0.3 is 19.4 Å². The van der Waals surface area contributed by atoms with E-state index in [1.807, 2.05) is 30.0 Å². The standard InChI is InChI=1S/C20H22N4O4S/c1-2-28-15-3-4-16-17(11-15)29-20(21-16)22-18(25)12-23-6-8-24(9-7-23)19(26)14-5-10-27-13-14/h3-5,10-11,13H,2,6-9,12H2,1H3,(H,21,22,25). The number of aromatic nitrogens is 1. The van der Waals surface area contributed by atoms with Crippen LogP contribution in [0.4, 0.5) is 5.13 Å². The van der Waals surface area contributed by atoms with E-state index in [0.717, 1.165) is 16.0 Å². The molecule has 0 unspecified atom stereocenters. The van der Waals surface area contributed by atoms with Crippen molar-refractivity contribution in [2.45, 2.75) is 6.92 Å². The molecule has 8 nitrogen and oxygen atoms in total. The molecule has 3 aromatic rings. The van der Waals surface area contributed by atoms with Crippen molar-refractivity contribution in [3.05, 3.63) is 42.4 Å². The first-order chi connectivity index (χ1) is 14.1. The summed E-state index contributed by atoms with van der Waals surface area (Å²) in [4.78, 5) is 33.0. The highest BCUT2D eigenvalue weighted by Gasteiger charge is 2.24. The third-order valence-corrected chi connectivity index (χ3v) is 5.65. The van der Waals surface area contributed by atoms with Crippen LogP contribution in [0.5, 0.6) is 5.75 Å². The summed E-state index contributed by atoms with van der Waals surface area (Å²) in [6, 6.07) is 7.37. The van der Waals surface area contributed by atoms with Crippen LogP contribution in [-0.4, -0.2) is 65.9 Å². The molecule has 1 aliphatic rings. The van der Waals surface area contributed by atoms with Gasteiger partial charge in [-0.2, -0.15) is 0 Å². The number of fused-ring (bicyclic) bond motifs is 1. The minimum Gasteiger partial charge on any atom is -0.494 e. The minimum absolute atomic E-state index is 0.0382. The lowest BCUT2D eigenvalue weighted by Crippen LogP contribution is -2.50. The van der Waals surface area contributed by atoms with Crippen molar-refractivity contribution in [1.29, 1.82) is 0 Å². The SMILES string of the molecule is CCOc1ccc2nc(NC(=O)CN3CCN(C(=O)c4ccoc4)CC3)sc2c1. The number of ether oxygens (including phenoxy) is 1. The summed E-state index contributed by atoms with van der Waals surface area (Å²) in [5, 5.41) is 3.46. The predicted octanol–water partition coefficient (Wildman–Crippen LogP) is 2.68. The first kappa shape index (κ1) is 19.4. The van der Waals surface area contributed by atoms with Crippen molar-refractivity contribution >= 4 is 38.5 Å². The zero-order valence-corrected chi connectivity index (χ0v) is 16.9. The normalized spacial score (nSPS) is 14.9. The van der Waals surface area contributed by atoms with Gasteiger partial charge in [-0.25, -0.2) is 4.98 Å². The third kappa shape index (κ3) is 4.57. The maximum absolute atomic E-state index is 12.4. The second-order valence-electron chi connectivity index (χ2n) is 6.71. The molecule has 0 atom stereocenters. The average molecular weight is 414 g/mol. The maximum Gasteiger partial charge on any atom is 0.257 e. The van der Waals surface area contributed by atoms with Crippen molar-refractivity contribution in [2.75, 3.05) is 44.6 Å². The number of nitrogens with zero attached hydrogens (tertiary/aromatic N) is 3. The van der Waals surface area contributed by atoms with Crippen LogP contribution in [0.1, 0.15) is 17.3 Å². The monoisotopic (exact) mass is 414 g/mol. The largest absolute Gasteiger partial charge is 0.494 e. The zero-order chi connectivity index (χ0) is 20.2. The topological polar surface area (TPSA) is 87.9 Å². The molecule has 0 spiro atoms. The van der Waals surface area contributed by atoms with E-state index in [-0.39, 0.29) is 18.4 Å². The molecule has 2 amide bonds. The smallest absolute Gasteiger partial charge is 0.257 e. The van der Waals surface area contributed by atoms with Crippen LogP contribution >= 0.6 is 11.3 Å². The van der Waals surface area contributed by atoms with Crippen molar-refractivity contribution in [1.82, 2.24) is 14.8 Å². The Bertz CT molecular complexity index is 993. The van der Waals surface area contributed by atoms with Crippen LogP contribution in [0.3, 0.4) is 0 Å². The molecule has 0 aliphatic carbocycles. The average Bonchev–Trinajstić information content (AvgIpc) is 3.37. The van der Waals surface area contributed by atoms with E-state index >= 15 is 0 Å². The van der Waals surface area contributed by atoms with E-state index in [9.17, 15) is 9.59 Å². The van der Waals surface area contributed by atoms with Gasteiger partial charge in [-0.15, -0.1) is 0 Å². The fourth-order valence-electron chi connectivity index (χ4n) is 3.25. The van der Waals surface area contributed by atoms with E-state index in [1.165, 1.54) is 23.9 Å². The van der Waals surface area contributed by atoms with Gasteiger partial charge >= 0.3 is 0 Å². The molecule has 2 aromatic heterocycles.